The number of nitrogens with two attached hydrogens (primary N) is 1. The minimum atomic E-state index is -0.0176. The van der Waals surface area contributed by atoms with Crippen LogP contribution in [0.15, 0.2) is 48.5 Å². The Morgan fingerprint density at radius 1 is 1.00 bits per heavy atom. The van der Waals surface area contributed by atoms with Gasteiger partial charge in [0.25, 0.3) is 0 Å². The maximum absolute atomic E-state index is 6.15. The molecule has 3 rings (SSSR count). The zero-order valence-corrected chi connectivity index (χ0v) is 11.2. The molecule has 0 fully saturated rings. The van der Waals surface area contributed by atoms with E-state index in [0.29, 0.717) is 6.54 Å². The molecule has 0 aliphatic heterocycles. The maximum atomic E-state index is 6.15. The highest BCUT2D eigenvalue weighted by atomic mass is 16.5. The van der Waals surface area contributed by atoms with E-state index in [1.165, 1.54) is 16.7 Å². The predicted molar refractivity (Wildman–Crippen MR) is 77.6 cm³/mol. The molecule has 0 saturated heterocycles. The van der Waals surface area contributed by atoms with Crippen LogP contribution in [-0.4, -0.2) is 13.7 Å². The van der Waals surface area contributed by atoms with Gasteiger partial charge in [0.2, 0.25) is 0 Å². The van der Waals surface area contributed by atoms with E-state index in [1.54, 1.807) is 7.11 Å². The Morgan fingerprint density at radius 3 is 2.16 bits per heavy atom. The summed E-state index contributed by atoms with van der Waals surface area (Å²) in [7, 11) is 1.73. The Labute approximate surface area is 114 Å². The largest absolute Gasteiger partial charge is 0.496 e. The number of fused-ring (bicyclic) bond motifs is 1. The summed E-state index contributed by atoms with van der Waals surface area (Å²) in [5.41, 5.74) is 10.2. The zero-order chi connectivity index (χ0) is 13.3. The molecule has 19 heavy (non-hydrogen) atoms. The third kappa shape index (κ3) is 1.92. The van der Waals surface area contributed by atoms with Crippen LogP contribution in [-0.2, 0) is 18.3 Å². The van der Waals surface area contributed by atoms with Gasteiger partial charge in [-0.2, -0.15) is 0 Å². The number of hydrogen-bond acceptors (Lipinski definition) is 2. The summed E-state index contributed by atoms with van der Waals surface area (Å²) in [6.45, 7) is 0.641. The molecule has 0 amide bonds. The Bertz CT molecular complexity index is 566. The monoisotopic (exact) mass is 253 g/mol. The Kier molecular flexibility index (Phi) is 3.03. The fraction of sp³-hybridized carbons (Fsp3) is 0.294. The first-order valence-electron chi connectivity index (χ1n) is 6.69. The molecular formula is C17H19NO. The van der Waals surface area contributed by atoms with Crippen LogP contribution >= 0.6 is 0 Å². The van der Waals surface area contributed by atoms with Gasteiger partial charge in [0.05, 0.1) is 7.11 Å². The second kappa shape index (κ2) is 4.71. The van der Waals surface area contributed by atoms with Crippen molar-refractivity contribution in [3.8, 4) is 5.75 Å². The molecule has 1 aliphatic rings. The SMILES string of the molecule is COc1ccccc1C1(CN)Cc2ccccc2C1. The molecule has 0 saturated carbocycles. The van der Waals surface area contributed by atoms with Crippen molar-refractivity contribution in [1.29, 1.82) is 0 Å². The molecule has 98 valence electrons. The third-order valence-corrected chi connectivity index (χ3v) is 4.25. The van der Waals surface area contributed by atoms with Crippen molar-refractivity contribution >= 4 is 0 Å². The second-order valence-electron chi connectivity index (χ2n) is 5.31. The highest BCUT2D eigenvalue weighted by Gasteiger charge is 2.39. The molecule has 0 radical (unpaired) electrons. The minimum Gasteiger partial charge on any atom is -0.496 e. The van der Waals surface area contributed by atoms with E-state index in [4.69, 9.17) is 10.5 Å². The normalized spacial score (nSPS) is 16.1. The molecule has 2 N–H and O–H groups in total. The molecule has 0 heterocycles. The van der Waals surface area contributed by atoms with Gasteiger partial charge in [-0.05, 0) is 30.0 Å². The summed E-state index contributed by atoms with van der Waals surface area (Å²) in [5.74, 6) is 0.945. The van der Waals surface area contributed by atoms with Gasteiger partial charge in [-0.15, -0.1) is 0 Å². The molecule has 0 bridgehead atoms. The highest BCUT2D eigenvalue weighted by Crippen LogP contribution is 2.42. The van der Waals surface area contributed by atoms with Crippen LogP contribution in [0.25, 0.3) is 0 Å². The average Bonchev–Trinajstić information content (AvgIpc) is 2.87. The smallest absolute Gasteiger partial charge is 0.122 e. The number of hydrogen-bond donors (Lipinski definition) is 1. The van der Waals surface area contributed by atoms with Gasteiger partial charge in [-0.1, -0.05) is 42.5 Å². The van der Waals surface area contributed by atoms with Gasteiger partial charge < -0.3 is 10.5 Å². The quantitative estimate of drug-likeness (QED) is 0.912. The molecule has 1 aliphatic carbocycles. The molecular weight excluding hydrogens is 234 g/mol. The molecule has 0 aromatic heterocycles. The van der Waals surface area contributed by atoms with Gasteiger partial charge in [-0.25, -0.2) is 0 Å². The zero-order valence-electron chi connectivity index (χ0n) is 11.2. The lowest BCUT2D eigenvalue weighted by molar-refractivity contribution is 0.380. The summed E-state index contributed by atoms with van der Waals surface area (Å²) in [5, 5.41) is 0. The summed E-state index contributed by atoms with van der Waals surface area (Å²) < 4.78 is 5.53. The van der Waals surface area contributed by atoms with E-state index in [2.05, 4.69) is 36.4 Å². The summed E-state index contributed by atoms with van der Waals surface area (Å²) >= 11 is 0. The van der Waals surface area contributed by atoms with Crippen LogP contribution in [0.3, 0.4) is 0 Å². The molecule has 2 nitrogen and oxygen atoms in total. The van der Waals surface area contributed by atoms with Crippen molar-refractivity contribution in [3.63, 3.8) is 0 Å². The van der Waals surface area contributed by atoms with Crippen molar-refractivity contribution < 1.29 is 4.74 Å². The van der Waals surface area contributed by atoms with Crippen LogP contribution in [0.5, 0.6) is 5.75 Å². The standard InChI is InChI=1S/C17H19NO/c1-19-16-9-5-4-8-15(16)17(12-18)10-13-6-2-3-7-14(13)11-17/h2-9H,10-12,18H2,1H3. The maximum Gasteiger partial charge on any atom is 0.122 e. The summed E-state index contributed by atoms with van der Waals surface area (Å²) in [6.07, 6.45) is 2.00. The van der Waals surface area contributed by atoms with Gasteiger partial charge >= 0.3 is 0 Å². The minimum absolute atomic E-state index is 0.0176. The lowest BCUT2D eigenvalue weighted by Crippen LogP contribution is -2.36. The fourth-order valence-electron chi connectivity index (χ4n) is 3.22. The van der Waals surface area contributed by atoms with Crippen LogP contribution in [0.4, 0.5) is 0 Å². The van der Waals surface area contributed by atoms with E-state index in [1.807, 2.05) is 12.1 Å². The number of benzene rings is 2. The first-order chi connectivity index (χ1) is 9.29. The van der Waals surface area contributed by atoms with E-state index in [-0.39, 0.29) is 5.41 Å². The van der Waals surface area contributed by atoms with Crippen LogP contribution in [0.2, 0.25) is 0 Å². The average molecular weight is 253 g/mol. The van der Waals surface area contributed by atoms with Gasteiger partial charge in [0.15, 0.2) is 0 Å². The van der Waals surface area contributed by atoms with Gasteiger partial charge in [0.1, 0.15) is 5.75 Å². The highest BCUT2D eigenvalue weighted by molar-refractivity contribution is 5.47. The second-order valence-corrected chi connectivity index (χ2v) is 5.31. The molecule has 2 aromatic carbocycles. The van der Waals surface area contributed by atoms with Crippen molar-refractivity contribution in [2.45, 2.75) is 18.3 Å². The molecule has 2 heteroatoms. The lowest BCUT2D eigenvalue weighted by atomic mass is 9.77. The van der Waals surface area contributed by atoms with Crippen molar-refractivity contribution in [2.75, 3.05) is 13.7 Å². The Morgan fingerprint density at radius 2 is 1.58 bits per heavy atom. The number of rotatable bonds is 3. The van der Waals surface area contributed by atoms with Crippen LogP contribution < -0.4 is 10.5 Å². The number of methoxy groups -OCH3 is 1. The van der Waals surface area contributed by atoms with Gasteiger partial charge in [0, 0.05) is 17.5 Å². The van der Waals surface area contributed by atoms with E-state index in [0.717, 1.165) is 18.6 Å². The number of para-hydroxylation sites is 1. The predicted octanol–water partition coefficient (Wildman–Crippen LogP) is 2.69. The van der Waals surface area contributed by atoms with Crippen molar-refractivity contribution in [1.82, 2.24) is 0 Å². The van der Waals surface area contributed by atoms with Crippen molar-refractivity contribution in [2.24, 2.45) is 5.73 Å². The lowest BCUT2D eigenvalue weighted by Gasteiger charge is -2.29. The first kappa shape index (κ1) is 12.2. The summed E-state index contributed by atoms with van der Waals surface area (Å²) in [6, 6.07) is 16.9. The topological polar surface area (TPSA) is 35.2 Å². The Balaban J connectivity index is 2.07. The third-order valence-electron chi connectivity index (χ3n) is 4.25. The van der Waals surface area contributed by atoms with E-state index in [9.17, 15) is 0 Å². The van der Waals surface area contributed by atoms with Crippen LogP contribution in [0.1, 0.15) is 16.7 Å². The summed E-state index contributed by atoms with van der Waals surface area (Å²) in [4.78, 5) is 0. The molecule has 0 spiro atoms. The van der Waals surface area contributed by atoms with Crippen molar-refractivity contribution in [3.05, 3.63) is 65.2 Å². The fourth-order valence-corrected chi connectivity index (χ4v) is 3.22. The molecule has 2 aromatic rings. The Hall–Kier alpha value is -1.80. The van der Waals surface area contributed by atoms with Crippen LogP contribution in [0, 0.1) is 0 Å². The van der Waals surface area contributed by atoms with Gasteiger partial charge in [-0.3, -0.25) is 0 Å². The molecule has 0 atom stereocenters. The molecule has 0 unspecified atom stereocenters. The van der Waals surface area contributed by atoms with E-state index >= 15 is 0 Å². The van der Waals surface area contributed by atoms with E-state index < -0.39 is 0 Å². The first-order valence-corrected chi connectivity index (χ1v) is 6.69. The number of ether oxygens (including phenoxy) is 1.